The molecule has 0 fully saturated rings. The quantitative estimate of drug-likeness (QED) is 0.720. The molecule has 0 heterocycles. The first-order chi connectivity index (χ1) is 6.74. The van der Waals surface area contributed by atoms with Crippen LogP contribution in [-0.4, -0.2) is 12.5 Å². The Morgan fingerprint density at radius 2 is 1.93 bits per heavy atom. The number of hydrogen-bond acceptors (Lipinski definition) is 2. The van der Waals surface area contributed by atoms with Crippen molar-refractivity contribution in [2.45, 2.75) is 12.8 Å². The first kappa shape index (κ1) is 10.7. The smallest absolute Gasteiger partial charge is 0.220 e. The molecule has 0 aliphatic carbocycles. The second-order valence-corrected chi connectivity index (χ2v) is 3.37. The van der Waals surface area contributed by atoms with Gasteiger partial charge in [-0.05, 0) is 24.9 Å². The van der Waals surface area contributed by atoms with Gasteiger partial charge in [-0.1, -0.05) is 30.3 Å². The fourth-order valence-electron chi connectivity index (χ4n) is 1.44. The van der Waals surface area contributed by atoms with Crippen LogP contribution in [0.5, 0.6) is 0 Å². The molecule has 0 radical (unpaired) electrons. The summed E-state index contributed by atoms with van der Waals surface area (Å²) < 4.78 is 0. The van der Waals surface area contributed by atoms with E-state index in [1.165, 1.54) is 0 Å². The topological polar surface area (TPSA) is 69.1 Å². The van der Waals surface area contributed by atoms with Crippen molar-refractivity contribution in [3.63, 3.8) is 0 Å². The lowest BCUT2D eigenvalue weighted by atomic mass is 9.96. The number of hydrogen-bond donors (Lipinski definition) is 2. The minimum Gasteiger partial charge on any atom is -0.369 e. The van der Waals surface area contributed by atoms with Gasteiger partial charge in [-0.2, -0.15) is 0 Å². The Kier molecular flexibility index (Phi) is 4.13. The van der Waals surface area contributed by atoms with E-state index in [2.05, 4.69) is 0 Å². The Hall–Kier alpha value is -1.35. The molecule has 1 aromatic rings. The van der Waals surface area contributed by atoms with E-state index in [9.17, 15) is 4.79 Å². The van der Waals surface area contributed by atoms with E-state index in [0.29, 0.717) is 19.4 Å². The summed E-state index contributed by atoms with van der Waals surface area (Å²) in [7, 11) is 0. The van der Waals surface area contributed by atoms with Gasteiger partial charge in [0.25, 0.3) is 0 Å². The normalized spacial score (nSPS) is 12.4. The molecule has 0 bridgehead atoms. The first-order valence-electron chi connectivity index (χ1n) is 4.77. The SMILES string of the molecule is NCC[C@H](Cc1ccccc1)C(N)=O. The molecule has 1 aromatic carbocycles. The third kappa shape index (κ3) is 3.18. The van der Waals surface area contributed by atoms with Crippen molar-refractivity contribution in [2.75, 3.05) is 6.54 Å². The molecule has 1 atom stereocenters. The van der Waals surface area contributed by atoms with Crippen molar-refractivity contribution < 1.29 is 4.79 Å². The molecule has 3 nitrogen and oxygen atoms in total. The highest BCUT2D eigenvalue weighted by Crippen LogP contribution is 2.10. The second kappa shape index (κ2) is 5.40. The highest BCUT2D eigenvalue weighted by atomic mass is 16.1. The predicted octanol–water partition coefficient (Wildman–Crippen LogP) is 0.679. The Morgan fingerprint density at radius 3 is 2.43 bits per heavy atom. The van der Waals surface area contributed by atoms with Crippen molar-refractivity contribution in [1.82, 2.24) is 0 Å². The van der Waals surface area contributed by atoms with E-state index in [0.717, 1.165) is 5.56 Å². The van der Waals surface area contributed by atoms with Gasteiger partial charge in [-0.25, -0.2) is 0 Å². The predicted molar refractivity (Wildman–Crippen MR) is 56.5 cm³/mol. The van der Waals surface area contributed by atoms with Crippen LogP contribution < -0.4 is 11.5 Å². The van der Waals surface area contributed by atoms with E-state index >= 15 is 0 Å². The van der Waals surface area contributed by atoms with Crippen molar-refractivity contribution in [2.24, 2.45) is 17.4 Å². The Morgan fingerprint density at radius 1 is 1.29 bits per heavy atom. The molecule has 0 aromatic heterocycles. The van der Waals surface area contributed by atoms with Crippen LogP contribution in [-0.2, 0) is 11.2 Å². The van der Waals surface area contributed by atoms with Crippen LogP contribution in [0.4, 0.5) is 0 Å². The summed E-state index contributed by atoms with van der Waals surface area (Å²) >= 11 is 0. The van der Waals surface area contributed by atoms with E-state index in [1.54, 1.807) is 0 Å². The van der Waals surface area contributed by atoms with Gasteiger partial charge in [0, 0.05) is 5.92 Å². The monoisotopic (exact) mass is 192 g/mol. The zero-order valence-corrected chi connectivity index (χ0v) is 8.15. The number of rotatable bonds is 5. The summed E-state index contributed by atoms with van der Waals surface area (Å²) in [5.74, 6) is -0.401. The minimum absolute atomic E-state index is 0.137. The zero-order chi connectivity index (χ0) is 10.4. The van der Waals surface area contributed by atoms with Crippen molar-refractivity contribution in [1.29, 1.82) is 0 Å². The summed E-state index contributed by atoms with van der Waals surface area (Å²) in [4.78, 5) is 11.1. The van der Waals surface area contributed by atoms with Crippen LogP contribution in [0.1, 0.15) is 12.0 Å². The van der Waals surface area contributed by atoms with Gasteiger partial charge in [0.15, 0.2) is 0 Å². The molecule has 1 rings (SSSR count). The van der Waals surface area contributed by atoms with Gasteiger partial charge in [-0.15, -0.1) is 0 Å². The molecule has 0 aliphatic heterocycles. The number of carbonyl (C=O) groups is 1. The van der Waals surface area contributed by atoms with Crippen LogP contribution in [0.3, 0.4) is 0 Å². The summed E-state index contributed by atoms with van der Waals surface area (Å²) in [6.07, 6.45) is 1.34. The van der Waals surface area contributed by atoms with Crippen molar-refractivity contribution >= 4 is 5.91 Å². The molecule has 4 N–H and O–H groups in total. The first-order valence-corrected chi connectivity index (χ1v) is 4.77. The summed E-state index contributed by atoms with van der Waals surface area (Å²) in [5, 5.41) is 0. The number of amides is 1. The standard InChI is InChI=1S/C11H16N2O/c12-7-6-10(11(13)14)8-9-4-2-1-3-5-9/h1-5,10H,6-8,12H2,(H2,13,14)/t10-/m1/s1. The lowest BCUT2D eigenvalue weighted by molar-refractivity contribution is -0.121. The van der Waals surface area contributed by atoms with Crippen LogP contribution >= 0.6 is 0 Å². The molecule has 0 unspecified atom stereocenters. The minimum atomic E-state index is -0.265. The molecule has 3 heteroatoms. The van der Waals surface area contributed by atoms with E-state index in [4.69, 9.17) is 11.5 Å². The molecule has 0 saturated heterocycles. The summed E-state index contributed by atoms with van der Waals surface area (Å²) in [6.45, 7) is 0.500. The molecule has 1 amide bonds. The highest BCUT2D eigenvalue weighted by Gasteiger charge is 2.14. The maximum Gasteiger partial charge on any atom is 0.220 e. The molecular weight excluding hydrogens is 176 g/mol. The van der Waals surface area contributed by atoms with Crippen molar-refractivity contribution in [3.8, 4) is 0 Å². The Bertz CT molecular complexity index is 285. The number of nitrogens with two attached hydrogens (primary N) is 2. The van der Waals surface area contributed by atoms with Gasteiger partial charge in [-0.3, -0.25) is 4.79 Å². The molecule has 0 spiro atoms. The largest absolute Gasteiger partial charge is 0.369 e. The highest BCUT2D eigenvalue weighted by molar-refractivity contribution is 5.76. The maximum atomic E-state index is 11.1. The average molecular weight is 192 g/mol. The fourth-order valence-corrected chi connectivity index (χ4v) is 1.44. The van der Waals surface area contributed by atoms with Crippen LogP contribution in [0.25, 0.3) is 0 Å². The lowest BCUT2D eigenvalue weighted by Gasteiger charge is -2.11. The summed E-state index contributed by atoms with van der Waals surface area (Å²) in [6, 6.07) is 9.84. The molecule has 76 valence electrons. The van der Waals surface area contributed by atoms with Crippen LogP contribution in [0.15, 0.2) is 30.3 Å². The molecule has 0 saturated carbocycles. The zero-order valence-electron chi connectivity index (χ0n) is 8.15. The Labute approximate surface area is 84.1 Å². The Balaban J connectivity index is 2.60. The maximum absolute atomic E-state index is 11.1. The van der Waals surface area contributed by atoms with Gasteiger partial charge < -0.3 is 11.5 Å². The van der Waals surface area contributed by atoms with E-state index < -0.39 is 0 Å². The van der Waals surface area contributed by atoms with E-state index in [-0.39, 0.29) is 11.8 Å². The average Bonchev–Trinajstić information content (AvgIpc) is 2.18. The molecule has 0 aliphatic rings. The van der Waals surface area contributed by atoms with Gasteiger partial charge in [0.05, 0.1) is 0 Å². The fraction of sp³-hybridized carbons (Fsp3) is 0.364. The van der Waals surface area contributed by atoms with Gasteiger partial charge in [0.2, 0.25) is 5.91 Å². The number of carbonyl (C=O) groups excluding carboxylic acids is 1. The summed E-state index contributed by atoms with van der Waals surface area (Å²) in [5.41, 5.74) is 11.8. The van der Waals surface area contributed by atoms with Crippen molar-refractivity contribution in [3.05, 3.63) is 35.9 Å². The third-order valence-electron chi connectivity index (χ3n) is 2.24. The molecular formula is C11H16N2O. The number of benzene rings is 1. The van der Waals surface area contributed by atoms with Gasteiger partial charge >= 0.3 is 0 Å². The van der Waals surface area contributed by atoms with E-state index in [1.807, 2.05) is 30.3 Å². The third-order valence-corrected chi connectivity index (χ3v) is 2.24. The van der Waals surface area contributed by atoms with Gasteiger partial charge in [0.1, 0.15) is 0 Å². The van der Waals surface area contributed by atoms with Crippen LogP contribution in [0, 0.1) is 5.92 Å². The lowest BCUT2D eigenvalue weighted by Crippen LogP contribution is -2.27. The number of primary amides is 1. The van der Waals surface area contributed by atoms with Crippen LogP contribution in [0.2, 0.25) is 0 Å². The second-order valence-electron chi connectivity index (χ2n) is 3.37. The molecule has 14 heavy (non-hydrogen) atoms.